The zero-order valence-corrected chi connectivity index (χ0v) is 12.8. The minimum absolute atomic E-state index is 0.273. The summed E-state index contributed by atoms with van der Waals surface area (Å²) in [7, 11) is 6.04. The molecule has 0 aliphatic carbocycles. The molecule has 0 aliphatic heterocycles. The summed E-state index contributed by atoms with van der Waals surface area (Å²) in [6, 6.07) is 2.88. The van der Waals surface area contributed by atoms with Crippen LogP contribution in [0.5, 0.6) is 17.2 Å². The van der Waals surface area contributed by atoms with Gasteiger partial charge in [0.1, 0.15) is 5.75 Å². The Morgan fingerprint density at radius 2 is 1.67 bits per heavy atom. The molecule has 1 aromatic carbocycles. The van der Waals surface area contributed by atoms with Gasteiger partial charge in [-0.3, -0.25) is 4.79 Å². The highest BCUT2D eigenvalue weighted by Gasteiger charge is 2.19. The molecule has 0 bridgehead atoms. The van der Waals surface area contributed by atoms with E-state index >= 15 is 0 Å². The van der Waals surface area contributed by atoms with Crippen molar-refractivity contribution in [1.82, 2.24) is 5.32 Å². The number of amides is 1. The summed E-state index contributed by atoms with van der Waals surface area (Å²) in [6.07, 6.45) is 0. The Morgan fingerprint density at radius 1 is 1.10 bits per heavy atom. The molecular weight excluding hydrogens is 276 g/mol. The first kappa shape index (κ1) is 17.1. The van der Waals surface area contributed by atoms with Crippen LogP contribution in [0.25, 0.3) is 0 Å². The molecule has 7 nitrogen and oxygen atoms in total. The number of methoxy groups -OCH3 is 4. The maximum Gasteiger partial charge on any atom is 0.255 e. The molecule has 0 aromatic heterocycles. The number of carbonyl (C=O) groups excluding carboxylic acids is 1. The minimum Gasteiger partial charge on any atom is -0.496 e. The number of carbonyl (C=O) groups is 1. The standard InChI is InChI=1S/C14H22N2O5/c1-18-8-9(7-15)16-14(17)10-5-12(20-3)13(21-4)6-11(10)19-2/h5-6,9H,7-8,15H2,1-4H3,(H,16,17). The lowest BCUT2D eigenvalue weighted by Crippen LogP contribution is -2.43. The highest BCUT2D eigenvalue weighted by atomic mass is 16.5. The Morgan fingerprint density at radius 3 is 2.14 bits per heavy atom. The van der Waals surface area contributed by atoms with Crippen LogP contribution in [0.1, 0.15) is 10.4 Å². The third kappa shape index (κ3) is 4.24. The minimum atomic E-state index is -0.319. The fourth-order valence-electron chi connectivity index (χ4n) is 1.84. The van der Waals surface area contributed by atoms with Gasteiger partial charge in [0.05, 0.1) is 39.5 Å². The van der Waals surface area contributed by atoms with Crippen LogP contribution in [-0.4, -0.2) is 53.5 Å². The molecule has 21 heavy (non-hydrogen) atoms. The van der Waals surface area contributed by atoms with Crippen LogP contribution in [0, 0.1) is 0 Å². The van der Waals surface area contributed by atoms with E-state index in [9.17, 15) is 4.79 Å². The second-order valence-electron chi connectivity index (χ2n) is 4.27. The van der Waals surface area contributed by atoms with E-state index in [1.165, 1.54) is 21.3 Å². The number of hydrogen-bond donors (Lipinski definition) is 2. The fourth-order valence-corrected chi connectivity index (χ4v) is 1.84. The van der Waals surface area contributed by atoms with E-state index in [4.69, 9.17) is 24.7 Å². The number of ether oxygens (including phenoxy) is 4. The highest BCUT2D eigenvalue weighted by molar-refractivity contribution is 5.98. The summed E-state index contributed by atoms with van der Waals surface area (Å²) in [6.45, 7) is 0.604. The zero-order valence-electron chi connectivity index (χ0n) is 12.8. The SMILES string of the molecule is COCC(CN)NC(=O)c1cc(OC)c(OC)cc1OC. The Kier molecular flexibility index (Phi) is 6.77. The molecule has 0 fully saturated rings. The maximum absolute atomic E-state index is 12.3. The molecular formula is C14H22N2O5. The highest BCUT2D eigenvalue weighted by Crippen LogP contribution is 2.34. The largest absolute Gasteiger partial charge is 0.496 e. The van der Waals surface area contributed by atoms with Gasteiger partial charge in [0.2, 0.25) is 0 Å². The molecule has 3 N–H and O–H groups in total. The molecule has 0 saturated carbocycles. The number of nitrogens with two attached hydrogens (primary N) is 1. The Labute approximate surface area is 124 Å². The van der Waals surface area contributed by atoms with Crippen molar-refractivity contribution >= 4 is 5.91 Å². The van der Waals surface area contributed by atoms with Crippen LogP contribution < -0.4 is 25.3 Å². The Balaban J connectivity index is 3.07. The quantitative estimate of drug-likeness (QED) is 0.722. The van der Waals surface area contributed by atoms with Gasteiger partial charge < -0.3 is 30.0 Å². The smallest absolute Gasteiger partial charge is 0.255 e. The average molecular weight is 298 g/mol. The van der Waals surface area contributed by atoms with E-state index in [2.05, 4.69) is 5.32 Å². The van der Waals surface area contributed by atoms with Gasteiger partial charge in [0, 0.05) is 25.8 Å². The lowest BCUT2D eigenvalue weighted by Gasteiger charge is -2.18. The number of nitrogens with one attached hydrogen (secondary N) is 1. The van der Waals surface area contributed by atoms with Gasteiger partial charge >= 0.3 is 0 Å². The summed E-state index contributed by atoms with van der Waals surface area (Å²) >= 11 is 0. The normalized spacial score (nSPS) is 11.7. The van der Waals surface area contributed by atoms with Gasteiger partial charge in [0.15, 0.2) is 11.5 Å². The third-order valence-corrected chi connectivity index (χ3v) is 2.94. The molecule has 1 amide bonds. The second-order valence-corrected chi connectivity index (χ2v) is 4.27. The first-order valence-corrected chi connectivity index (χ1v) is 6.41. The van der Waals surface area contributed by atoms with Gasteiger partial charge in [-0.15, -0.1) is 0 Å². The topological polar surface area (TPSA) is 92.0 Å². The first-order chi connectivity index (χ1) is 10.1. The van der Waals surface area contributed by atoms with Gasteiger partial charge in [-0.05, 0) is 0 Å². The molecule has 0 saturated heterocycles. The summed E-state index contributed by atoms with van der Waals surface area (Å²) in [5.74, 6) is 0.997. The molecule has 7 heteroatoms. The zero-order chi connectivity index (χ0) is 15.8. The Hall–Kier alpha value is -1.99. The molecule has 0 spiro atoms. The fraction of sp³-hybridized carbons (Fsp3) is 0.500. The van der Waals surface area contributed by atoms with Crippen molar-refractivity contribution < 1.29 is 23.7 Å². The van der Waals surface area contributed by atoms with Crippen LogP contribution in [0.3, 0.4) is 0 Å². The molecule has 1 unspecified atom stereocenters. The molecule has 1 atom stereocenters. The van der Waals surface area contributed by atoms with Crippen molar-refractivity contribution in [2.75, 3.05) is 41.6 Å². The van der Waals surface area contributed by atoms with E-state index < -0.39 is 0 Å². The van der Waals surface area contributed by atoms with E-state index in [1.807, 2.05) is 0 Å². The van der Waals surface area contributed by atoms with Gasteiger partial charge in [0.25, 0.3) is 5.91 Å². The molecule has 0 heterocycles. The monoisotopic (exact) mass is 298 g/mol. The maximum atomic E-state index is 12.3. The second kappa shape index (κ2) is 8.33. The predicted molar refractivity (Wildman–Crippen MR) is 78.3 cm³/mol. The van der Waals surface area contributed by atoms with Crippen molar-refractivity contribution in [3.63, 3.8) is 0 Å². The van der Waals surface area contributed by atoms with Crippen LogP contribution in [0.15, 0.2) is 12.1 Å². The van der Waals surface area contributed by atoms with Crippen LogP contribution in [-0.2, 0) is 4.74 Å². The van der Waals surface area contributed by atoms with E-state index in [0.717, 1.165) is 0 Å². The van der Waals surface area contributed by atoms with Crippen LogP contribution >= 0.6 is 0 Å². The first-order valence-electron chi connectivity index (χ1n) is 6.41. The lowest BCUT2D eigenvalue weighted by molar-refractivity contribution is 0.0897. The lowest BCUT2D eigenvalue weighted by atomic mass is 10.1. The van der Waals surface area contributed by atoms with Crippen molar-refractivity contribution in [3.8, 4) is 17.2 Å². The van der Waals surface area contributed by atoms with Gasteiger partial charge in [-0.2, -0.15) is 0 Å². The average Bonchev–Trinajstić information content (AvgIpc) is 2.52. The van der Waals surface area contributed by atoms with E-state index in [1.54, 1.807) is 19.2 Å². The number of benzene rings is 1. The molecule has 1 rings (SSSR count). The Bertz CT molecular complexity index is 479. The summed E-state index contributed by atoms with van der Waals surface area (Å²) in [5, 5.41) is 2.78. The molecule has 0 radical (unpaired) electrons. The van der Waals surface area contributed by atoms with Crippen molar-refractivity contribution in [2.45, 2.75) is 6.04 Å². The summed E-state index contributed by atoms with van der Waals surface area (Å²) in [5.41, 5.74) is 5.92. The van der Waals surface area contributed by atoms with Gasteiger partial charge in [-0.25, -0.2) is 0 Å². The van der Waals surface area contributed by atoms with Crippen molar-refractivity contribution in [2.24, 2.45) is 5.73 Å². The van der Waals surface area contributed by atoms with E-state index in [-0.39, 0.29) is 18.5 Å². The summed E-state index contributed by atoms with van der Waals surface area (Å²) < 4.78 is 20.6. The molecule has 118 valence electrons. The van der Waals surface area contributed by atoms with Gasteiger partial charge in [-0.1, -0.05) is 0 Å². The van der Waals surface area contributed by atoms with Crippen LogP contribution in [0.4, 0.5) is 0 Å². The van der Waals surface area contributed by atoms with Crippen LogP contribution in [0.2, 0.25) is 0 Å². The van der Waals surface area contributed by atoms with Crippen molar-refractivity contribution in [3.05, 3.63) is 17.7 Å². The molecule has 0 aliphatic rings. The predicted octanol–water partition coefficient (Wildman–Crippen LogP) is 0.416. The number of rotatable bonds is 8. The number of hydrogen-bond acceptors (Lipinski definition) is 6. The van der Waals surface area contributed by atoms with Crippen molar-refractivity contribution in [1.29, 1.82) is 0 Å². The molecule has 1 aromatic rings. The summed E-state index contributed by atoms with van der Waals surface area (Å²) in [4.78, 5) is 12.3. The van der Waals surface area contributed by atoms with E-state index in [0.29, 0.717) is 29.4 Å². The third-order valence-electron chi connectivity index (χ3n) is 2.94.